The lowest BCUT2D eigenvalue weighted by molar-refractivity contribution is -0.129. The van der Waals surface area contributed by atoms with Gasteiger partial charge in [0.2, 0.25) is 5.91 Å². The van der Waals surface area contributed by atoms with Crippen molar-refractivity contribution in [3.63, 3.8) is 0 Å². The molecule has 2 saturated heterocycles. The van der Waals surface area contributed by atoms with Crippen molar-refractivity contribution < 1.29 is 4.79 Å². The highest BCUT2D eigenvalue weighted by Gasteiger charge is 2.37. The van der Waals surface area contributed by atoms with Crippen molar-refractivity contribution in [2.75, 3.05) is 56.2 Å². The number of anilines is 1. The molecule has 0 radical (unpaired) electrons. The minimum atomic E-state index is -0.0198. The molecule has 0 aliphatic carbocycles. The van der Waals surface area contributed by atoms with Crippen LogP contribution in [-0.4, -0.2) is 71.9 Å². The molecule has 8 heteroatoms. The van der Waals surface area contributed by atoms with Gasteiger partial charge in [-0.05, 0) is 57.7 Å². The van der Waals surface area contributed by atoms with Crippen LogP contribution in [0.3, 0.4) is 0 Å². The zero-order valence-corrected chi connectivity index (χ0v) is 20.3. The summed E-state index contributed by atoms with van der Waals surface area (Å²) in [5.41, 5.74) is 1.35. The van der Waals surface area contributed by atoms with Gasteiger partial charge in [-0.1, -0.05) is 6.07 Å². The number of rotatable bonds is 7. The van der Waals surface area contributed by atoms with E-state index in [9.17, 15) is 4.79 Å². The molecule has 4 nitrogen and oxygen atoms in total. The van der Waals surface area contributed by atoms with Gasteiger partial charge in [0.1, 0.15) is 0 Å². The van der Waals surface area contributed by atoms with Crippen LogP contribution in [0.2, 0.25) is 0 Å². The number of benzene rings is 1. The van der Waals surface area contributed by atoms with Crippen LogP contribution in [-0.2, 0) is 4.79 Å². The van der Waals surface area contributed by atoms with Crippen molar-refractivity contribution in [1.29, 1.82) is 0 Å². The highest BCUT2D eigenvalue weighted by Crippen LogP contribution is 2.35. The monoisotopic (exact) mass is 465 g/mol. The van der Waals surface area contributed by atoms with Gasteiger partial charge in [0, 0.05) is 43.3 Å². The van der Waals surface area contributed by atoms with E-state index in [-0.39, 0.29) is 29.7 Å². The highest BCUT2D eigenvalue weighted by molar-refractivity contribution is 8.01. The summed E-state index contributed by atoms with van der Waals surface area (Å²) in [5, 5.41) is 0. The summed E-state index contributed by atoms with van der Waals surface area (Å²) in [6.45, 7) is 10.8. The minimum absolute atomic E-state index is 0. The third-order valence-electron chi connectivity index (χ3n) is 5.40. The van der Waals surface area contributed by atoms with Gasteiger partial charge in [-0.2, -0.15) is 0 Å². The predicted octanol–water partition coefficient (Wildman–Crippen LogP) is 4.47. The van der Waals surface area contributed by atoms with Crippen LogP contribution in [0.15, 0.2) is 29.2 Å². The van der Waals surface area contributed by atoms with Crippen molar-refractivity contribution in [1.82, 2.24) is 9.80 Å². The molecule has 0 spiro atoms. The second kappa shape index (κ2) is 11.8. The molecule has 2 aliphatic heterocycles. The molecule has 0 atom stereocenters. The highest BCUT2D eigenvalue weighted by atomic mass is 35.5. The molecule has 0 bridgehead atoms. The zero-order valence-electron chi connectivity index (χ0n) is 17.1. The van der Waals surface area contributed by atoms with E-state index in [1.807, 2.05) is 0 Å². The van der Waals surface area contributed by atoms with E-state index in [1.165, 1.54) is 17.0 Å². The molecule has 3 rings (SSSR count). The molecule has 2 fully saturated rings. The molecule has 1 aromatic rings. The Labute approximate surface area is 191 Å². The van der Waals surface area contributed by atoms with E-state index in [1.54, 1.807) is 23.5 Å². The average Bonchev–Trinajstić information content (AvgIpc) is 2.92. The molecule has 1 amide bonds. The Bertz CT molecular complexity index is 625. The van der Waals surface area contributed by atoms with Gasteiger partial charge in [-0.3, -0.25) is 9.69 Å². The number of piperazine rings is 1. The molecule has 28 heavy (non-hydrogen) atoms. The van der Waals surface area contributed by atoms with Crippen molar-refractivity contribution >= 4 is 59.9 Å². The lowest BCUT2D eigenvalue weighted by atomic mass is 10.2. The maximum absolute atomic E-state index is 12.0. The average molecular weight is 467 g/mol. The Morgan fingerprint density at radius 2 is 1.75 bits per heavy atom. The third kappa shape index (κ3) is 6.63. The molecular formula is C20H33Cl2N3OS2. The number of hydrogen-bond acceptors (Lipinski definition) is 5. The topological polar surface area (TPSA) is 26.8 Å². The Hall–Kier alpha value is -0.270. The Kier molecular flexibility index (Phi) is 10.9. The number of amides is 1. The van der Waals surface area contributed by atoms with E-state index in [0.717, 1.165) is 45.7 Å². The van der Waals surface area contributed by atoms with Gasteiger partial charge < -0.3 is 9.80 Å². The van der Waals surface area contributed by atoms with Gasteiger partial charge in [-0.15, -0.1) is 48.3 Å². The minimum Gasteiger partial charge on any atom is -0.369 e. The maximum atomic E-state index is 12.0. The van der Waals surface area contributed by atoms with Gasteiger partial charge in [-0.25, -0.2) is 0 Å². The second-order valence-electron chi connectivity index (χ2n) is 7.52. The molecule has 0 aromatic heterocycles. The molecule has 2 aliphatic rings. The number of carbonyl (C=O) groups excluding carboxylic acids is 1. The van der Waals surface area contributed by atoms with E-state index >= 15 is 0 Å². The largest absolute Gasteiger partial charge is 0.369 e. The second-order valence-corrected chi connectivity index (χ2v) is 9.97. The first kappa shape index (κ1) is 25.8. The lowest BCUT2D eigenvalue weighted by Gasteiger charge is -2.36. The normalized spacial score (nSPS) is 19.3. The van der Waals surface area contributed by atoms with Crippen LogP contribution in [0.4, 0.5) is 5.69 Å². The third-order valence-corrected chi connectivity index (χ3v) is 7.44. The number of hydrogen-bond donors (Lipinski definition) is 0. The smallest absolute Gasteiger partial charge is 0.233 e. The van der Waals surface area contributed by atoms with Crippen molar-refractivity contribution in [3.8, 4) is 0 Å². The maximum Gasteiger partial charge on any atom is 0.233 e. The molecule has 160 valence electrons. The summed E-state index contributed by atoms with van der Waals surface area (Å²) < 4.78 is 0. The van der Waals surface area contributed by atoms with E-state index < -0.39 is 0 Å². The van der Waals surface area contributed by atoms with Crippen molar-refractivity contribution in [3.05, 3.63) is 24.3 Å². The Morgan fingerprint density at radius 1 is 1.07 bits per heavy atom. The van der Waals surface area contributed by atoms with E-state index in [0.29, 0.717) is 11.7 Å². The zero-order chi connectivity index (χ0) is 18.6. The fourth-order valence-corrected chi connectivity index (χ4v) is 5.17. The summed E-state index contributed by atoms with van der Waals surface area (Å²) in [6.07, 6.45) is 4.41. The molecule has 0 saturated carbocycles. The SMILES string of the molecule is CSc1cccc(N2CCN(CCCCN3C(=O)CSC3(C)C)CC2)c1.Cl.Cl. The molecule has 0 unspecified atom stereocenters. The van der Waals surface area contributed by atoms with Crippen LogP contribution < -0.4 is 4.90 Å². The summed E-state index contributed by atoms with van der Waals surface area (Å²) >= 11 is 3.57. The summed E-state index contributed by atoms with van der Waals surface area (Å²) in [5.74, 6) is 0.952. The number of halogens is 2. The number of thioether (sulfide) groups is 2. The Balaban J connectivity index is 0.00000196. The standard InChI is InChI=1S/C20H31N3OS2.2ClH/c1-20(2)23(19(24)16-26-20)10-5-4-9-21-11-13-22(14-12-21)17-7-6-8-18(15-17)25-3;;/h6-8,15H,4-5,9-14,16H2,1-3H3;2*1H. The quantitative estimate of drug-likeness (QED) is 0.437. The summed E-state index contributed by atoms with van der Waals surface area (Å²) in [7, 11) is 0. The molecule has 1 aromatic carbocycles. The van der Waals surface area contributed by atoms with Gasteiger partial charge in [0.15, 0.2) is 0 Å². The first-order valence-corrected chi connectivity index (χ1v) is 11.8. The van der Waals surface area contributed by atoms with Gasteiger partial charge in [0.25, 0.3) is 0 Å². The summed E-state index contributed by atoms with van der Waals surface area (Å²) in [4.78, 5) is 20.4. The molecule has 2 heterocycles. The fraction of sp³-hybridized carbons (Fsp3) is 0.650. The van der Waals surface area contributed by atoms with Crippen LogP contribution in [0.5, 0.6) is 0 Å². The fourth-order valence-electron chi connectivity index (χ4n) is 3.73. The molecular weight excluding hydrogens is 433 g/mol. The van der Waals surface area contributed by atoms with Crippen molar-refractivity contribution in [2.24, 2.45) is 0 Å². The molecule has 0 N–H and O–H groups in total. The number of unbranched alkanes of at least 4 members (excludes halogenated alkanes) is 1. The van der Waals surface area contributed by atoms with E-state index in [4.69, 9.17) is 0 Å². The summed E-state index contributed by atoms with van der Waals surface area (Å²) in [6, 6.07) is 8.86. The van der Waals surface area contributed by atoms with E-state index in [2.05, 4.69) is 59.1 Å². The van der Waals surface area contributed by atoms with Gasteiger partial charge >= 0.3 is 0 Å². The van der Waals surface area contributed by atoms with Crippen LogP contribution in [0.25, 0.3) is 0 Å². The first-order chi connectivity index (χ1) is 12.5. The van der Waals surface area contributed by atoms with Gasteiger partial charge in [0.05, 0.1) is 10.6 Å². The lowest BCUT2D eigenvalue weighted by Crippen LogP contribution is -2.46. The predicted molar refractivity (Wildman–Crippen MR) is 129 cm³/mol. The first-order valence-electron chi connectivity index (χ1n) is 9.55. The Morgan fingerprint density at radius 3 is 2.36 bits per heavy atom. The number of nitrogens with zero attached hydrogens (tertiary/aromatic N) is 3. The van der Waals surface area contributed by atoms with Crippen molar-refractivity contribution in [2.45, 2.75) is 36.5 Å². The number of carbonyl (C=O) groups is 1. The van der Waals surface area contributed by atoms with Crippen LogP contribution in [0.1, 0.15) is 26.7 Å². The van der Waals surface area contributed by atoms with Crippen LogP contribution >= 0.6 is 48.3 Å². The van der Waals surface area contributed by atoms with Crippen LogP contribution in [0, 0.1) is 0 Å².